The molecule has 0 fully saturated rings. The Bertz CT molecular complexity index is 398. The molecule has 0 bridgehead atoms. The molecular formula is C12H27N3O4S. The minimum atomic E-state index is -3.56. The van der Waals surface area contributed by atoms with E-state index in [4.69, 9.17) is 5.73 Å². The maximum Gasteiger partial charge on any atom is 0.306 e. The third-order valence-electron chi connectivity index (χ3n) is 3.28. The molecule has 0 aromatic heterocycles. The summed E-state index contributed by atoms with van der Waals surface area (Å²) >= 11 is 0. The summed E-state index contributed by atoms with van der Waals surface area (Å²) in [5.41, 5.74) is 5.90. The lowest BCUT2D eigenvalue weighted by Crippen LogP contribution is -2.42. The average molecular weight is 309 g/mol. The molecule has 0 rings (SSSR count). The summed E-state index contributed by atoms with van der Waals surface area (Å²) in [5, 5.41) is 0. The zero-order chi connectivity index (χ0) is 15.9. The van der Waals surface area contributed by atoms with E-state index in [0.29, 0.717) is 18.9 Å². The molecule has 0 aliphatic carbocycles. The zero-order valence-corrected chi connectivity index (χ0v) is 13.8. The van der Waals surface area contributed by atoms with E-state index >= 15 is 0 Å². The lowest BCUT2D eigenvalue weighted by Gasteiger charge is -2.25. The van der Waals surface area contributed by atoms with Gasteiger partial charge in [-0.1, -0.05) is 13.8 Å². The number of carbonyl (C=O) groups excluding carboxylic acids is 1. The molecule has 2 N–H and O–H groups in total. The number of carbonyl (C=O) groups is 1. The van der Waals surface area contributed by atoms with Crippen molar-refractivity contribution in [1.29, 1.82) is 0 Å². The van der Waals surface area contributed by atoms with Gasteiger partial charge >= 0.3 is 5.97 Å². The van der Waals surface area contributed by atoms with Crippen LogP contribution in [0, 0.1) is 5.92 Å². The first-order valence-electron chi connectivity index (χ1n) is 6.63. The van der Waals surface area contributed by atoms with Gasteiger partial charge in [-0.25, -0.2) is 0 Å². The van der Waals surface area contributed by atoms with Crippen LogP contribution in [0.2, 0.25) is 0 Å². The fraction of sp³-hybridized carbons (Fsp3) is 0.917. The van der Waals surface area contributed by atoms with Crippen molar-refractivity contribution in [2.24, 2.45) is 11.7 Å². The summed E-state index contributed by atoms with van der Waals surface area (Å²) in [6.07, 6.45) is 0.629. The molecule has 0 aliphatic heterocycles. The number of ether oxygens (including phenoxy) is 1. The van der Waals surface area contributed by atoms with Crippen LogP contribution < -0.4 is 5.73 Å². The molecule has 1 atom stereocenters. The minimum absolute atomic E-state index is 0.0333. The molecule has 8 heteroatoms. The van der Waals surface area contributed by atoms with Crippen LogP contribution in [0.25, 0.3) is 0 Å². The number of rotatable bonds is 9. The summed E-state index contributed by atoms with van der Waals surface area (Å²) in [7, 11) is 0.666. The lowest BCUT2D eigenvalue weighted by atomic mass is 10.0. The number of nitrogens with two attached hydrogens (primary N) is 1. The van der Waals surface area contributed by atoms with Crippen LogP contribution in [0.4, 0.5) is 0 Å². The van der Waals surface area contributed by atoms with E-state index in [1.54, 1.807) is 0 Å². The number of hydrogen-bond donors (Lipinski definition) is 1. The first-order valence-corrected chi connectivity index (χ1v) is 8.02. The van der Waals surface area contributed by atoms with E-state index in [1.807, 2.05) is 13.8 Å². The highest BCUT2D eigenvalue weighted by Gasteiger charge is 2.24. The normalized spacial score (nSPS) is 14.1. The highest BCUT2D eigenvalue weighted by molar-refractivity contribution is 7.86. The molecule has 0 amide bonds. The van der Waals surface area contributed by atoms with Gasteiger partial charge in [-0.2, -0.15) is 17.0 Å². The fourth-order valence-electron chi connectivity index (χ4n) is 1.48. The van der Waals surface area contributed by atoms with Gasteiger partial charge in [0.25, 0.3) is 10.2 Å². The van der Waals surface area contributed by atoms with Crippen molar-refractivity contribution in [3.05, 3.63) is 0 Å². The largest absolute Gasteiger partial charge is 0.469 e. The lowest BCUT2D eigenvalue weighted by molar-refractivity contribution is -0.140. The molecule has 0 aromatic carbocycles. The van der Waals surface area contributed by atoms with Gasteiger partial charge in [-0.15, -0.1) is 0 Å². The molecule has 0 heterocycles. The van der Waals surface area contributed by atoms with E-state index in [0.717, 1.165) is 4.31 Å². The zero-order valence-electron chi connectivity index (χ0n) is 13.0. The van der Waals surface area contributed by atoms with E-state index in [1.165, 1.54) is 25.5 Å². The van der Waals surface area contributed by atoms with Crippen LogP contribution in [0.5, 0.6) is 0 Å². The molecule has 0 aliphatic rings. The van der Waals surface area contributed by atoms with E-state index in [9.17, 15) is 13.2 Å². The van der Waals surface area contributed by atoms with Crippen LogP contribution in [0.1, 0.15) is 26.7 Å². The van der Waals surface area contributed by atoms with Gasteiger partial charge < -0.3 is 10.5 Å². The Labute approximate surface area is 122 Å². The fourth-order valence-corrected chi connectivity index (χ4v) is 2.62. The Kier molecular flexibility index (Phi) is 8.26. The van der Waals surface area contributed by atoms with E-state index in [2.05, 4.69) is 4.74 Å². The Morgan fingerprint density at radius 2 is 1.70 bits per heavy atom. The van der Waals surface area contributed by atoms with Crippen molar-refractivity contribution in [1.82, 2.24) is 8.61 Å². The highest BCUT2D eigenvalue weighted by Crippen LogP contribution is 2.09. The predicted octanol–water partition coefficient (Wildman–Crippen LogP) is 0.0313. The Morgan fingerprint density at radius 1 is 1.20 bits per heavy atom. The third kappa shape index (κ3) is 6.17. The third-order valence-corrected chi connectivity index (χ3v) is 5.22. The molecule has 0 saturated carbocycles. The molecular weight excluding hydrogens is 282 g/mol. The second kappa shape index (κ2) is 8.56. The predicted molar refractivity (Wildman–Crippen MR) is 78.2 cm³/mol. The maximum atomic E-state index is 12.2. The quantitative estimate of drug-likeness (QED) is 0.607. The topological polar surface area (TPSA) is 92.9 Å². The molecule has 0 saturated heterocycles. The summed E-state index contributed by atoms with van der Waals surface area (Å²) in [5.74, 6) is -0.125. The number of esters is 1. The molecule has 120 valence electrons. The van der Waals surface area contributed by atoms with Crippen molar-refractivity contribution in [2.45, 2.75) is 32.7 Å². The van der Waals surface area contributed by atoms with Gasteiger partial charge in [0.1, 0.15) is 0 Å². The van der Waals surface area contributed by atoms with Crippen molar-refractivity contribution in [2.75, 3.05) is 34.3 Å². The summed E-state index contributed by atoms with van der Waals surface area (Å²) in [6.45, 7) is 4.45. The summed E-state index contributed by atoms with van der Waals surface area (Å²) < 4.78 is 31.2. The van der Waals surface area contributed by atoms with Crippen molar-refractivity contribution < 1.29 is 17.9 Å². The molecule has 7 nitrogen and oxygen atoms in total. The second-order valence-electron chi connectivity index (χ2n) is 5.17. The standard InChI is InChI=1S/C12H27N3O4S/c1-10(2)11(13)6-8-14(3)20(17,18)15(4)9-7-12(16)19-5/h10-11H,6-9,13H2,1-5H3. The molecule has 1 unspecified atom stereocenters. The monoisotopic (exact) mass is 309 g/mol. The van der Waals surface area contributed by atoms with Gasteiger partial charge in [0.05, 0.1) is 13.5 Å². The Morgan fingerprint density at radius 3 is 2.15 bits per heavy atom. The smallest absolute Gasteiger partial charge is 0.306 e. The maximum absolute atomic E-state index is 12.2. The molecule has 20 heavy (non-hydrogen) atoms. The first kappa shape index (κ1) is 19.3. The van der Waals surface area contributed by atoms with Gasteiger partial charge in [0.15, 0.2) is 0 Å². The average Bonchev–Trinajstić information content (AvgIpc) is 2.40. The van der Waals surface area contributed by atoms with Crippen LogP contribution in [-0.4, -0.2) is 63.3 Å². The van der Waals surface area contributed by atoms with Crippen LogP contribution in [-0.2, 0) is 19.7 Å². The van der Waals surface area contributed by atoms with Gasteiger partial charge in [-0.05, 0) is 12.3 Å². The van der Waals surface area contributed by atoms with E-state index in [-0.39, 0.29) is 19.0 Å². The van der Waals surface area contributed by atoms with Crippen LogP contribution >= 0.6 is 0 Å². The minimum Gasteiger partial charge on any atom is -0.469 e. The molecule has 0 aromatic rings. The Balaban J connectivity index is 4.43. The van der Waals surface area contributed by atoms with Crippen molar-refractivity contribution >= 4 is 16.2 Å². The summed E-state index contributed by atoms with van der Waals surface area (Å²) in [6, 6.07) is -0.0342. The first-order chi connectivity index (χ1) is 9.12. The summed E-state index contributed by atoms with van der Waals surface area (Å²) in [4.78, 5) is 11.0. The molecule has 0 radical (unpaired) electrons. The van der Waals surface area contributed by atoms with Crippen LogP contribution in [0.15, 0.2) is 0 Å². The number of hydrogen-bond acceptors (Lipinski definition) is 5. The van der Waals surface area contributed by atoms with Gasteiger partial charge in [0.2, 0.25) is 0 Å². The second-order valence-corrected chi connectivity index (χ2v) is 7.32. The van der Waals surface area contributed by atoms with Crippen molar-refractivity contribution in [3.8, 4) is 0 Å². The molecule has 0 spiro atoms. The van der Waals surface area contributed by atoms with Gasteiger partial charge in [-0.3, -0.25) is 4.79 Å². The highest BCUT2D eigenvalue weighted by atomic mass is 32.2. The number of methoxy groups -OCH3 is 1. The number of nitrogens with zero attached hydrogens (tertiary/aromatic N) is 2. The van der Waals surface area contributed by atoms with Gasteiger partial charge in [0, 0.05) is 33.2 Å². The Hall–Kier alpha value is -0.700. The van der Waals surface area contributed by atoms with E-state index < -0.39 is 16.2 Å². The van der Waals surface area contributed by atoms with Crippen molar-refractivity contribution in [3.63, 3.8) is 0 Å². The van der Waals surface area contributed by atoms with Crippen LogP contribution in [0.3, 0.4) is 0 Å². The SMILES string of the molecule is COC(=O)CCN(C)S(=O)(=O)N(C)CCC(N)C(C)C.